The van der Waals surface area contributed by atoms with Crippen molar-refractivity contribution in [3.63, 3.8) is 0 Å². The highest BCUT2D eigenvalue weighted by molar-refractivity contribution is 6.04. The van der Waals surface area contributed by atoms with Gasteiger partial charge in [0.2, 0.25) is 5.56 Å². The van der Waals surface area contributed by atoms with Crippen LogP contribution in [-0.4, -0.2) is 50.6 Å². The van der Waals surface area contributed by atoms with Gasteiger partial charge in [-0.25, -0.2) is 4.98 Å². The minimum Gasteiger partial charge on any atom is -0.371 e. The van der Waals surface area contributed by atoms with Gasteiger partial charge in [0.15, 0.2) is 5.65 Å². The molecule has 0 aromatic carbocycles. The van der Waals surface area contributed by atoms with Crippen LogP contribution in [0.2, 0.25) is 0 Å². The van der Waals surface area contributed by atoms with Crippen LogP contribution in [0.15, 0.2) is 17.2 Å². The van der Waals surface area contributed by atoms with Crippen molar-refractivity contribution < 1.29 is 9.53 Å². The Kier molecular flexibility index (Phi) is 3.68. The van der Waals surface area contributed by atoms with E-state index >= 15 is 0 Å². The maximum Gasteiger partial charge on any atom is 0.256 e. The van der Waals surface area contributed by atoms with Gasteiger partial charge in [-0.3, -0.25) is 9.59 Å². The number of aryl methyl sites for hydroxylation is 1. The van der Waals surface area contributed by atoms with Gasteiger partial charge in [-0.15, -0.1) is 0 Å². The molecule has 1 aliphatic carbocycles. The molecule has 7 nitrogen and oxygen atoms in total. The number of hydrogen-bond acceptors (Lipinski definition) is 4. The molecular formula is C17H22N4O3. The van der Waals surface area contributed by atoms with Gasteiger partial charge in [0.05, 0.1) is 36.2 Å². The second kappa shape index (κ2) is 5.73. The maximum absolute atomic E-state index is 13.1. The lowest BCUT2D eigenvalue weighted by Crippen LogP contribution is -2.54. The fourth-order valence-electron chi connectivity index (χ4n) is 4.04. The van der Waals surface area contributed by atoms with Crippen LogP contribution in [0.5, 0.6) is 0 Å². The third-order valence-corrected chi connectivity index (χ3v) is 5.24. The van der Waals surface area contributed by atoms with Crippen LogP contribution in [0.1, 0.15) is 42.5 Å². The molecule has 1 spiro atoms. The summed E-state index contributed by atoms with van der Waals surface area (Å²) in [5, 5.41) is 0. The third-order valence-electron chi connectivity index (χ3n) is 5.24. The van der Waals surface area contributed by atoms with E-state index in [1.165, 1.54) is 12.5 Å². The van der Waals surface area contributed by atoms with Gasteiger partial charge >= 0.3 is 0 Å². The summed E-state index contributed by atoms with van der Waals surface area (Å²) in [6.07, 6.45) is 7.17. The summed E-state index contributed by atoms with van der Waals surface area (Å²) in [6.45, 7) is 1.73. The van der Waals surface area contributed by atoms with E-state index in [-0.39, 0.29) is 17.1 Å². The molecule has 24 heavy (non-hydrogen) atoms. The standard InChI is InChI=1S/C17H22N4O3/c1-20-11-18-15-14(20)12(9-13(22)19-15)16(23)21-7-8-24-17(10-21)5-3-2-4-6-17/h9,11H,2-8,10H2,1H3,(H,19,22). The molecule has 1 saturated carbocycles. The van der Waals surface area contributed by atoms with Gasteiger partial charge in [0, 0.05) is 19.7 Å². The first-order valence-corrected chi connectivity index (χ1v) is 8.56. The zero-order chi connectivity index (χ0) is 16.7. The number of aromatic nitrogens is 3. The number of carbonyl (C=O) groups is 1. The fraction of sp³-hybridized carbons (Fsp3) is 0.588. The average molecular weight is 330 g/mol. The highest BCUT2D eigenvalue weighted by Gasteiger charge is 2.39. The van der Waals surface area contributed by atoms with E-state index in [4.69, 9.17) is 4.74 Å². The van der Waals surface area contributed by atoms with Crippen molar-refractivity contribution in [3.8, 4) is 0 Å². The summed E-state index contributed by atoms with van der Waals surface area (Å²) in [5.41, 5.74) is 1.04. The number of carbonyl (C=O) groups excluding carboxylic acids is 1. The number of rotatable bonds is 1. The Labute approximate surface area is 139 Å². The van der Waals surface area contributed by atoms with Crippen LogP contribution in [-0.2, 0) is 11.8 Å². The van der Waals surface area contributed by atoms with E-state index in [0.29, 0.717) is 36.4 Å². The Morgan fingerprint density at radius 1 is 1.33 bits per heavy atom. The highest BCUT2D eigenvalue weighted by Crippen LogP contribution is 2.34. The molecule has 2 aliphatic rings. The Hall–Kier alpha value is -2.15. The summed E-state index contributed by atoms with van der Waals surface area (Å²) in [4.78, 5) is 33.7. The van der Waals surface area contributed by atoms with Crippen LogP contribution in [0.25, 0.3) is 11.2 Å². The maximum atomic E-state index is 13.1. The van der Waals surface area contributed by atoms with E-state index in [2.05, 4.69) is 9.97 Å². The normalized spacial score (nSPS) is 20.6. The monoisotopic (exact) mass is 330 g/mol. The smallest absolute Gasteiger partial charge is 0.256 e. The fourth-order valence-corrected chi connectivity index (χ4v) is 4.04. The van der Waals surface area contributed by atoms with Crippen molar-refractivity contribution in [3.05, 3.63) is 28.3 Å². The number of nitrogens with zero attached hydrogens (tertiary/aromatic N) is 3. The molecule has 2 aromatic rings. The lowest BCUT2D eigenvalue weighted by Gasteiger charge is -2.45. The van der Waals surface area contributed by atoms with E-state index in [1.807, 2.05) is 11.9 Å². The van der Waals surface area contributed by atoms with E-state index in [0.717, 1.165) is 25.7 Å². The first-order valence-electron chi connectivity index (χ1n) is 8.56. The van der Waals surface area contributed by atoms with Crippen LogP contribution in [0.3, 0.4) is 0 Å². The SMILES string of the molecule is Cn1cnc2[nH]c(=O)cc(C(=O)N3CCOC4(CCCCC4)C3)c21. The van der Waals surface area contributed by atoms with Crippen molar-refractivity contribution in [1.29, 1.82) is 0 Å². The van der Waals surface area contributed by atoms with Crippen molar-refractivity contribution in [2.75, 3.05) is 19.7 Å². The third kappa shape index (κ3) is 2.53. The molecule has 2 fully saturated rings. The largest absolute Gasteiger partial charge is 0.371 e. The topological polar surface area (TPSA) is 80.2 Å². The number of H-pyrrole nitrogens is 1. The molecule has 1 saturated heterocycles. The number of ether oxygens (including phenoxy) is 1. The number of amides is 1. The van der Waals surface area contributed by atoms with Crippen LogP contribution in [0.4, 0.5) is 0 Å². The van der Waals surface area contributed by atoms with Gasteiger partial charge in [-0.1, -0.05) is 19.3 Å². The first kappa shape index (κ1) is 15.4. The molecule has 2 aromatic heterocycles. The number of fused-ring (bicyclic) bond motifs is 1. The molecule has 1 aliphatic heterocycles. The number of aromatic amines is 1. The second-order valence-corrected chi connectivity index (χ2v) is 6.92. The minimum absolute atomic E-state index is 0.108. The summed E-state index contributed by atoms with van der Waals surface area (Å²) < 4.78 is 7.84. The lowest BCUT2D eigenvalue weighted by molar-refractivity contribution is -0.117. The van der Waals surface area contributed by atoms with E-state index < -0.39 is 0 Å². The molecule has 1 amide bonds. The molecule has 1 N–H and O–H groups in total. The van der Waals surface area contributed by atoms with Crippen LogP contribution in [0, 0.1) is 0 Å². The molecule has 128 valence electrons. The van der Waals surface area contributed by atoms with Crippen molar-refractivity contribution in [2.24, 2.45) is 7.05 Å². The molecule has 0 bridgehead atoms. The number of imidazole rings is 1. The van der Waals surface area contributed by atoms with E-state index in [1.54, 1.807) is 10.9 Å². The summed E-state index contributed by atoms with van der Waals surface area (Å²) in [5.74, 6) is -0.108. The van der Waals surface area contributed by atoms with Gasteiger partial charge < -0.3 is 19.2 Å². The quantitative estimate of drug-likeness (QED) is 0.858. The molecule has 3 heterocycles. The van der Waals surface area contributed by atoms with E-state index in [9.17, 15) is 9.59 Å². The molecular weight excluding hydrogens is 308 g/mol. The van der Waals surface area contributed by atoms with Gasteiger partial charge in [-0.2, -0.15) is 0 Å². The average Bonchev–Trinajstić information content (AvgIpc) is 2.95. The van der Waals surface area contributed by atoms with Crippen LogP contribution >= 0.6 is 0 Å². The van der Waals surface area contributed by atoms with Gasteiger partial charge in [-0.05, 0) is 12.8 Å². The Bertz CT molecular complexity index is 826. The van der Waals surface area contributed by atoms with Crippen molar-refractivity contribution >= 4 is 17.1 Å². The summed E-state index contributed by atoms with van der Waals surface area (Å²) >= 11 is 0. The summed E-state index contributed by atoms with van der Waals surface area (Å²) in [7, 11) is 1.83. The Morgan fingerprint density at radius 2 is 2.12 bits per heavy atom. The second-order valence-electron chi connectivity index (χ2n) is 6.92. The zero-order valence-electron chi connectivity index (χ0n) is 13.9. The molecule has 4 rings (SSSR count). The molecule has 0 radical (unpaired) electrons. The van der Waals surface area contributed by atoms with Gasteiger partial charge in [0.25, 0.3) is 5.91 Å². The molecule has 0 unspecified atom stereocenters. The predicted octanol–water partition coefficient (Wildman–Crippen LogP) is 1.44. The number of nitrogens with one attached hydrogen (secondary N) is 1. The summed E-state index contributed by atoms with van der Waals surface area (Å²) in [6, 6.07) is 1.38. The van der Waals surface area contributed by atoms with Crippen molar-refractivity contribution in [1.82, 2.24) is 19.4 Å². The first-order chi connectivity index (χ1) is 11.6. The minimum atomic E-state index is -0.301. The van der Waals surface area contributed by atoms with Gasteiger partial charge in [0.1, 0.15) is 0 Å². The Morgan fingerprint density at radius 3 is 2.92 bits per heavy atom. The van der Waals surface area contributed by atoms with Crippen molar-refractivity contribution in [2.45, 2.75) is 37.7 Å². The number of morpholine rings is 1. The highest BCUT2D eigenvalue weighted by atomic mass is 16.5. The lowest BCUT2D eigenvalue weighted by atomic mass is 9.83. The Balaban J connectivity index is 1.68. The van der Waals surface area contributed by atoms with Crippen LogP contribution < -0.4 is 5.56 Å². The number of pyridine rings is 1. The number of hydrogen-bond donors (Lipinski definition) is 1. The molecule has 0 atom stereocenters. The molecule has 7 heteroatoms. The predicted molar refractivity (Wildman–Crippen MR) is 89.0 cm³/mol. The zero-order valence-corrected chi connectivity index (χ0v) is 13.9.